The number of hydrazone groups is 1. The van der Waals surface area contributed by atoms with Crippen LogP contribution in [0.25, 0.3) is 0 Å². The summed E-state index contributed by atoms with van der Waals surface area (Å²) >= 11 is 0.996. The Morgan fingerprint density at radius 2 is 1.68 bits per heavy atom. The molecule has 0 amide bonds. The molecule has 0 saturated carbocycles. The molecule has 2 N–H and O–H groups in total. The predicted octanol–water partition coefficient (Wildman–Crippen LogP) is 3.97. The zero-order valence-electron chi connectivity index (χ0n) is 11.6. The summed E-state index contributed by atoms with van der Waals surface area (Å²) in [7, 11) is 0. The van der Waals surface area contributed by atoms with Gasteiger partial charge in [0.25, 0.3) is 0 Å². The molecule has 0 unspecified atom stereocenters. The number of rotatable bonds is 5. The van der Waals surface area contributed by atoms with Crippen LogP contribution < -0.4 is 5.43 Å². The maximum atomic E-state index is 10.7. The number of aliphatic carboxylic acids is 1. The maximum absolute atomic E-state index is 10.7. The van der Waals surface area contributed by atoms with Crippen molar-refractivity contribution in [1.82, 2.24) is 0 Å². The molecule has 0 radical (unpaired) electrons. The van der Waals surface area contributed by atoms with Gasteiger partial charge in [0.05, 0.1) is 17.1 Å². The van der Waals surface area contributed by atoms with E-state index in [1.807, 2.05) is 48.5 Å². The van der Waals surface area contributed by atoms with Crippen molar-refractivity contribution in [2.24, 2.45) is 15.3 Å². The fourth-order valence-electron chi connectivity index (χ4n) is 1.43. The fourth-order valence-corrected chi connectivity index (χ4v) is 1.89. The molecule has 0 aliphatic heterocycles. The number of thioether (sulfide) groups is 1. The zero-order valence-corrected chi connectivity index (χ0v) is 12.4. The summed E-state index contributed by atoms with van der Waals surface area (Å²) in [5, 5.41) is 21.1. The van der Waals surface area contributed by atoms with Gasteiger partial charge in [-0.15, -0.1) is 15.3 Å². The first-order chi connectivity index (χ1) is 10.7. The van der Waals surface area contributed by atoms with Gasteiger partial charge in [0.15, 0.2) is 0 Å². The maximum Gasteiger partial charge on any atom is 0.313 e. The number of para-hydroxylation sites is 1. The van der Waals surface area contributed by atoms with Gasteiger partial charge in [0.1, 0.15) is 0 Å². The average molecular weight is 314 g/mol. The van der Waals surface area contributed by atoms with Crippen LogP contribution in [0.1, 0.15) is 0 Å². The molecular weight excluding hydrogens is 300 g/mol. The average Bonchev–Trinajstić information content (AvgIpc) is 2.56. The second-order valence-corrected chi connectivity index (χ2v) is 5.03. The molecule has 0 aromatic heterocycles. The molecule has 22 heavy (non-hydrogen) atoms. The Hall–Kier alpha value is -2.67. The van der Waals surface area contributed by atoms with Crippen molar-refractivity contribution in [3.8, 4) is 0 Å². The summed E-state index contributed by atoms with van der Waals surface area (Å²) in [6.07, 6.45) is 0. The van der Waals surface area contributed by atoms with Gasteiger partial charge in [-0.25, -0.2) is 0 Å². The smallest absolute Gasteiger partial charge is 0.313 e. The van der Waals surface area contributed by atoms with E-state index in [0.29, 0.717) is 5.69 Å². The second kappa shape index (κ2) is 8.58. The largest absolute Gasteiger partial charge is 0.481 e. The summed E-state index contributed by atoms with van der Waals surface area (Å²) in [5.41, 5.74) is 4.28. The first kappa shape index (κ1) is 15.7. The molecule has 0 spiro atoms. The molecule has 2 aromatic rings. The van der Waals surface area contributed by atoms with Crippen LogP contribution in [0, 0.1) is 0 Å². The van der Waals surface area contributed by atoms with E-state index in [4.69, 9.17) is 5.11 Å². The lowest BCUT2D eigenvalue weighted by Gasteiger charge is -2.01. The molecular formula is C15H14N4O2S. The Labute approximate surface area is 132 Å². The molecule has 0 atom stereocenters. The third-order valence-corrected chi connectivity index (χ3v) is 3.21. The number of carbonyl (C=O) groups is 1. The topological polar surface area (TPSA) is 86.4 Å². The van der Waals surface area contributed by atoms with Crippen LogP contribution in [-0.2, 0) is 4.79 Å². The van der Waals surface area contributed by atoms with E-state index in [9.17, 15) is 4.79 Å². The van der Waals surface area contributed by atoms with Crippen LogP contribution >= 0.6 is 11.8 Å². The monoisotopic (exact) mass is 314 g/mol. The molecule has 0 heterocycles. The van der Waals surface area contributed by atoms with Gasteiger partial charge in [0.2, 0.25) is 5.17 Å². The highest BCUT2D eigenvalue weighted by Crippen LogP contribution is 2.14. The van der Waals surface area contributed by atoms with E-state index in [2.05, 4.69) is 20.8 Å². The lowest BCUT2D eigenvalue weighted by molar-refractivity contribution is -0.133. The molecule has 6 nitrogen and oxygen atoms in total. The molecule has 112 valence electrons. The first-order valence-corrected chi connectivity index (χ1v) is 7.43. The molecule has 0 aliphatic rings. The highest BCUT2D eigenvalue weighted by Gasteiger charge is 2.04. The summed E-state index contributed by atoms with van der Waals surface area (Å²) in [5.74, 6) is -1.07. The number of carboxylic acids is 1. The van der Waals surface area contributed by atoms with Crippen molar-refractivity contribution in [3.05, 3.63) is 60.7 Å². The number of nitrogens with one attached hydrogen (secondary N) is 1. The van der Waals surface area contributed by atoms with E-state index < -0.39 is 5.97 Å². The van der Waals surface area contributed by atoms with Gasteiger partial charge < -0.3 is 5.11 Å². The summed E-state index contributed by atoms with van der Waals surface area (Å²) in [6, 6.07) is 18.5. The Kier molecular flexibility index (Phi) is 6.13. The van der Waals surface area contributed by atoms with Gasteiger partial charge in [-0.1, -0.05) is 48.2 Å². The van der Waals surface area contributed by atoms with Gasteiger partial charge in [-0.2, -0.15) is 0 Å². The van der Waals surface area contributed by atoms with Crippen LogP contribution in [0.4, 0.5) is 11.4 Å². The molecule has 0 saturated heterocycles. The van der Waals surface area contributed by atoms with Crippen molar-refractivity contribution in [3.63, 3.8) is 0 Å². The quantitative estimate of drug-likeness (QED) is 0.378. The van der Waals surface area contributed by atoms with E-state index in [1.54, 1.807) is 12.1 Å². The summed E-state index contributed by atoms with van der Waals surface area (Å²) in [6.45, 7) is 0. The number of nitrogens with zero attached hydrogens (tertiary/aromatic N) is 3. The minimum Gasteiger partial charge on any atom is -0.481 e. The molecule has 0 bridgehead atoms. The van der Waals surface area contributed by atoms with E-state index in [-0.39, 0.29) is 10.9 Å². The van der Waals surface area contributed by atoms with Crippen molar-refractivity contribution in [2.75, 3.05) is 11.2 Å². The highest BCUT2D eigenvalue weighted by atomic mass is 32.2. The van der Waals surface area contributed by atoms with Gasteiger partial charge in [-0.05, 0) is 24.3 Å². The molecule has 7 heteroatoms. The van der Waals surface area contributed by atoms with Crippen molar-refractivity contribution >= 4 is 34.3 Å². The summed E-state index contributed by atoms with van der Waals surface area (Å²) in [4.78, 5) is 10.7. The predicted molar refractivity (Wildman–Crippen MR) is 88.6 cm³/mol. The SMILES string of the molecule is O=C(O)CS/C(N=Nc1ccccc1)=N\Nc1ccccc1. The molecule has 2 rings (SSSR count). The van der Waals surface area contributed by atoms with Crippen molar-refractivity contribution in [1.29, 1.82) is 0 Å². The van der Waals surface area contributed by atoms with Crippen LogP contribution in [0.15, 0.2) is 76.0 Å². The Balaban J connectivity index is 2.08. The van der Waals surface area contributed by atoms with Crippen LogP contribution in [-0.4, -0.2) is 22.0 Å². The standard InChI is InChI=1S/C15H14N4O2S/c20-14(21)11-22-15(18-16-12-7-3-1-4-8-12)19-17-13-9-5-2-6-10-13/h1-10,16H,11H2,(H,20,21)/b18-15-,19-17?. The Morgan fingerprint density at radius 1 is 1.05 bits per heavy atom. The second-order valence-electron chi connectivity index (χ2n) is 4.09. The van der Waals surface area contributed by atoms with Crippen LogP contribution in [0.3, 0.4) is 0 Å². The van der Waals surface area contributed by atoms with Crippen molar-refractivity contribution in [2.45, 2.75) is 0 Å². The van der Waals surface area contributed by atoms with Crippen molar-refractivity contribution < 1.29 is 9.90 Å². The van der Waals surface area contributed by atoms with Gasteiger partial charge in [-0.3, -0.25) is 10.2 Å². The lowest BCUT2D eigenvalue weighted by Crippen LogP contribution is -2.02. The molecule has 2 aromatic carbocycles. The third kappa shape index (κ3) is 5.76. The normalized spacial score (nSPS) is 11.5. The highest BCUT2D eigenvalue weighted by molar-refractivity contribution is 8.14. The van der Waals surface area contributed by atoms with E-state index >= 15 is 0 Å². The minimum atomic E-state index is -0.938. The van der Waals surface area contributed by atoms with Crippen LogP contribution in [0.2, 0.25) is 0 Å². The van der Waals surface area contributed by atoms with Gasteiger partial charge in [0, 0.05) is 0 Å². The number of benzene rings is 2. The minimum absolute atomic E-state index is 0.136. The van der Waals surface area contributed by atoms with E-state index in [1.165, 1.54) is 0 Å². The van der Waals surface area contributed by atoms with Crippen LogP contribution in [0.5, 0.6) is 0 Å². The Morgan fingerprint density at radius 3 is 2.32 bits per heavy atom. The summed E-state index contributed by atoms with van der Waals surface area (Å²) < 4.78 is 0. The van der Waals surface area contributed by atoms with Gasteiger partial charge >= 0.3 is 5.97 Å². The molecule has 0 aliphatic carbocycles. The zero-order chi connectivity index (χ0) is 15.6. The number of azo groups is 1. The number of hydrogen-bond donors (Lipinski definition) is 2. The Bertz CT molecular complexity index is 660. The number of anilines is 1. The first-order valence-electron chi connectivity index (χ1n) is 6.44. The van der Waals surface area contributed by atoms with E-state index in [0.717, 1.165) is 17.4 Å². The number of amidine groups is 1. The third-order valence-electron chi connectivity index (χ3n) is 2.39. The fraction of sp³-hybridized carbons (Fsp3) is 0.0667. The lowest BCUT2D eigenvalue weighted by atomic mass is 10.3. The number of hydrogen-bond acceptors (Lipinski definition) is 5. The molecule has 0 fully saturated rings. The number of carboxylic acid groups (broad SMARTS) is 1.